The predicted molar refractivity (Wildman–Crippen MR) is 71.5 cm³/mol. The summed E-state index contributed by atoms with van der Waals surface area (Å²) in [5.74, 6) is 0.0897. The van der Waals surface area contributed by atoms with Crippen LogP contribution in [0.5, 0.6) is 0 Å². The number of hydrogen-bond acceptors (Lipinski definition) is 3. The first-order valence-electron chi connectivity index (χ1n) is 6.53. The average molecular weight is 313 g/mol. The molecule has 1 N–H and O–H groups in total. The van der Waals surface area contributed by atoms with Crippen molar-refractivity contribution in [3.05, 3.63) is 22.6 Å². The minimum absolute atomic E-state index is 0.0897. The molecular weight excluding hydrogens is 296 g/mol. The Bertz CT molecular complexity index is 436. The summed E-state index contributed by atoms with van der Waals surface area (Å²) in [5.41, 5.74) is 0.639. The van der Waals surface area contributed by atoms with Crippen LogP contribution in [-0.4, -0.2) is 36.0 Å². The van der Waals surface area contributed by atoms with Crippen LogP contribution in [0.4, 0.5) is 0 Å². The van der Waals surface area contributed by atoms with Gasteiger partial charge in [0.2, 0.25) is 0 Å². The van der Waals surface area contributed by atoms with Gasteiger partial charge in [0.15, 0.2) is 4.67 Å². The van der Waals surface area contributed by atoms with Crippen molar-refractivity contribution in [2.45, 2.75) is 37.8 Å². The van der Waals surface area contributed by atoms with E-state index in [-0.39, 0.29) is 5.91 Å². The number of amides is 1. The predicted octanol–water partition coefficient (Wildman–Crippen LogP) is 2.40. The highest BCUT2D eigenvalue weighted by Gasteiger charge is 2.35. The Hall–Kier alpha value is -0.810. The standard InChI is InChI=1S/C13H17BrN2O2/c14-12-11(5-7-18-12)13(17)16(10-3-4-10)8-9-2-1-6-15-9/h5,7,9-10,15H,1-4,6,8H2. The minimum atomic E-state index is 0.0897. The lowest BCUT2D eigenvalue weighted by Gasteiger charge is -2.25. The Labute approximate surface area is 115 Å². The Morgan fingerprint density at radius 3 is 2.89 bits per heavy atom. The first-order chi connectivity index (χ1) is 8.75. The first kappa shape index (κ1) is 12.2. The molecule has 18 heavy (non-hydrogen) atoms. The summed E-state index contributed by atoms with van der Waals surface area (Å²) in [5, 5.41) is 3.46. The number of carbonyl (C=O) groups excluding carboxylic acids is 1. The summed E-state index contributed by atoms with van der Waals surface area (Å²) in [4.78, 5) is 14.5. The highest BCUT2D eigenvalue weighted by atomic mass is 79.9. The fourth-order valence-electron chi connectivity index (χ4n) is 2.53. The number of hydrogen-bond donors (Lipinski definition) is 1. The molecule has 4 nitrogen and oxygen atoms in total. The van der Waals surface area contributed by atoms with Crippen molar-refractivity contribution < 1.29 is 9.21 Å². The summed E-state index contributed by atoms with van der Waals surface area (Å²) < 4.78 is 5.70. The molecule has 5 heteroatoms. The molecule has 0 radical (unpaired) electrons. The van der Waals surface area contributed by atoms with Gasteiger partial charge in [-0.1, -0.05) is 0 Å². The summed E-state index contributed by atoms with van der Waals surface area (Å²) in [6, 6.07) is 2.63. The van der Waals surface area contributed by atoms with Crippen molar-refractivity contribution in [2.75, 3.05) is 13.1 Å². The third kappa shape index (κ3) is 2.47. The molecular formula is C13H17BrN2O2. The van der Waals surface area contributed by atoms with Gasteiger partial charge in [0.1, 0.15) is 0 Å². The highest BCUT2D eigenvalue weighted by Crippen LogP contribution is 2.30. The van der Waals surface area contributed by atoms with Gasteiger partial charge >= 0.3 is 0 Å². The molecule has 1 amide bonds. The van der Waals surface area contributed by atoms with E-state index in [9.17, 15) is 4.79 Å². The van der Waals surface area contributed by atoms with Crippen LogP contribution in [0.3, 0.4) is 0 Å². The Morgan fingerprint density at radius 1 is 1.50 bits per heavy atom. The maximum Gasteiger partial charge on any atom is 0.258 e. The zero-order chi connectivity index (χ0) is 12.5. The average Bonchev–Trinajstić information content (AvgIpc) is 2.89. The molecule has 1 aliphatic heterocycles. The van der Waals surface area contributed by atoms with Gasteiger partial charge in [0, 0.05) is 18.6 Å². The molecule has 1 saturated heterocycles. The Kier molecular flexibility index (Phi) is 3.43. The second-order valence-corrected chi connectivity index (χ2v) is 5.81. The molecule has 2 aliphatic rings. The number of carbonyl (C=O) groups is 1. The maximum atomic E-state index is 12.5. The molecule has 1 aromatic heterocycles. The molecule has 3 rings (SSSR count). The van der Waals surface area contributed by atoms with E-state index in [1.54, 1.807) is 12.3 Å². The van der Waals surface area contributed by atoms with Gasteiger partial charge in [-0.3, -0.25) is 4.79 Å². The third-order valence-corrected chi connectivity index (χ3v) is 4.29. The molecule has 0 aromatic carbocycles. The number of nitrogens with one attached hydrogen (secondary N) is 1. The van der Waals surface area contributed by atoms with Crippen molar-refractivity contribution in [1.29, 1.82) is 0 Å². The van der Waals surface area contributed by atoms with Crippen molar-refractivity contribution in [3.8, 4) is 0 Å². The van der Waals surface area contributed by atoms with Gasteiger partial charge in [-0.05, 0) is 54.2 Å². The van der Waals surface area contributed by atoms with Gasteiger partial charge < -0.3 is 14.6 Å². The van der Waals surface area contributed by atoms with Crippen LogP contribution in [0.25, 0.3) is 0 Å². The Balaban J connectivity index is 1.73. The molecule has 1 aromatic rings. The van der Waals surface area contributed by atoms with E-state index in [2.05, 4.69) is 21.2 Å². The lowest BCUT2D eigenvalue weighted by Crippen LogP contribution is -2.42. The van der Waals surface area contributed by atoms with Gasteiger partial charge in [0.05, 0.1) is 11.8 Å². The molecule has 1 unspecified atom stereocenters. The van der Waals surface area contributed by atoms with Crippen LogP contribution < -0.4 is 5.32 Å². The molecule has 0 spiro atoms. The zero-order valence-corrected chi connectivity index (χ0v) is 11.8. The number of halogens is 1. The van der Waals surface area contributed by atoms with E-state index in [1.807, 2.05) is 4.90 Å². The second kappa shape index (κ2) is 5.05. The van der Waals surface area contributed by atoms with E-state index in [0.717, 1.165) is 25.9 Å². The summed E-state index contributed by atoms with van der Waals surface area (Å²) in [6.45, 7) is 1.90. The summed E-state index contributed by atoms with van der Waals surface area (Å²) in [6.07, 6.45) is 6.20. The van der Waals surface area contributed by atoms with Crippen molar-refractivity contribution in [1.82, 2.24) is 10.2 Å². The number of nitrogens with zero attached hydrogens (tertiary/aromatic N) is 1. The molecule has 1 atom stereocenters. The molecule has 1 saturated carbocycles. The SMILES string of the molecule is O=C(c1ccoc1Br)N(CC1CCCN1)C1CC1. The quantitative estimate of drug-likeness (QED) is 0.928. The second-order valence-electron chi connectivity index (χ2n) is 5.09. The fourth-order valence-corrected chi connectivity index (χ4v) is 2.94. The summed E-state index contributed by atoms with van der Waals surface area (Å²) in [7, 11) is 0. The van der Waals surface area contributed by atoms with Gasteiger partial charge in [-0.15, -0.1) is 0 Å². The van der Waals surface area contributed by atoms with E-state index < -0.39 is 0 Å². The first-order valence-corrected chi connectivity index (χ1v) is 7.32. The van der Waals surface area contributed by atoms with Crippen LogP contribution in [-0.2, 0) is 0 Å². The third-order valence-electron chi connectivity index (χ3n) is 3.68. The monoisotopic (exact) mass is 312 g/mol. The van der Waals surface area contributed by atoms with Gasteiger partial charge in [-0.25, -0.2) is 0 Å². The van der Waals surface area contributed by atoms with Gasteiger partial charge in [0.25, 0.3) is 5.91 Å². The maximum absolute atomic E-state index is 12.5. The van der Waals surface area contributed by atoms with Crippen LogP contribution in [0.15, 0.2) is 21.4 Å². The molecule has 2 heterocycles. The summed E-state index contributed by atoms with van der Waals surface area (Å²) >= 11 is 3.29. The lowest BCUT2D eigenvalue weighted by molar-refractivity contribution is 0.0726. The molecule has 0 bridgehead atoms. The van der Waals surface area contributed by atoms with Crippen LogP contribution in [0, 0.1) is 0 Å². The van der Waals surface area contributed by atoms with Crippen LogP contribution in [0.1, 0.15) is 36.0 Å². The van der Waals surface area contributed by atoms with Crippen molar-refractivity contribution in [2.24, 2.45) is 0 Å². The number of furan rings is 1. The zero-order valence-electron chi connectivity index (χ0n) is 10.2. The smallest absolute Gasteiger partial charge is 0.258 e. The Morgan fingerprint density at radius 2 is 2.33 bits per heavy atom. The normalized spacial score (nSPS) is 23.3. The lowest BCUT2D eigenvalue weighted by atomic mass is 10.2. The highest BCUT2D eigenvalue weighted by molar-refractivity contribution is 9.10. The minimum Gasteiger partial charge on any atom is -0.457 e. The van der Waals surface area contributed by atoms with E-state index in [1.165, 1.54) is 12.8 Å². The van der Waals surface area contributed by atoms with E-state index >= 15 is 0 Å². The number of rotatable bonds is 4. The fraction of sp³-hybridized carbons (Fsp3) is 0.615. The molecule has 2 fully saturated rings. The van der Waals surface area contributed by atoms with Crippen molar-refractivity contribution in [3.63, 3.8) is 0 Å². The van der Waals surface area contributed by atoms with E-state index in [4.69, 9.17) is 4.42 Å². The molecule has 1 aliphatic carbocycles. The topological polar surface area (TPSA) is 45.5 Å². The largest absolute Gasteiger partial charge is 0.457 e. The van der Waals surface area contributed by atoms with Crippen molar-refractivity contribution >= 4 is 21.8 Å². The van der Waals surface area contributed by atoms with Gasteiger partial charge in [-0.2, -0.15) is 0 Å². The van der Waals surface area contributed by atoms with E-state index in [0.29, 0.717) is 22.3 Å². The van der Waals surface area contributed by atoms with Crippen LogP contribution >= 0.6 is 15.9 Å². The molecule has 98 valence electrons. The van der Waals surface area contributed by atoms with Crippen LogP contribution in [0.2, 0.25) is 0 Å².